The number of nitrogens with one attached hydrogen (secondary N) is 3. The number of halogens is 1. The summed E-state index contributed by atoms with van der Waals surface area (Å²) in [5.41, 5.74) is 4.42. The highest BCUT2D eigenvalue weighted by Crippen LogP contribution is 2.38. The molecular weight excluding hydrogens is 475 g/mol. The van der Waals surface area contributed by atoms with Crippen LogP contribution >= 0.6 is 0 Å². The largest absolute Gasteiger partial charge is 0.481 e. The summed E-state index contributed by atoms with van der Waals surface area (Å²) < 4.78 is 13.8. The van der Waals surface area contributed by atoms with Crippen molar-refractivity contribution in [2.45, 2.75) is 13.3 Å². The number of fused-ring (bicyclic) bond motifs is 1. The number of hydrogen-bond donors (Lipinski definition) is 4. The van der Waals surface area contributed by atoms with Gasteiger partial charge in [0.15, 0.2) is 0 Å². The number of carbonyl (C=O) groups excluding carboxylic acids is 2. The van der Waals surface area contributed by atoms with Crippen LogP contribution in [0.2, 0.25) is 0 Å². The first-order valence-corrected chi connectivity index (χ1v) is 11.7. The molecule has 0 unspecified atom stereocenters. The fraction of sp³-hybridized carbons (Fsp3) is 0.179. The van der Waals surface area contributed by atoms with Gasteiger partial charge in [0.1, 0.15) is 5.82 Å². The number of rotatable bonds is 9. The second kappa shape index (κ2) is 11.0. The van der Waals surface area contributed by atoms with E-state index in [0.29, 0.717) is 52.4 Å². The third kappa shape index (κ3) is 5.84. The van der Waals surface area contributed by atoms with Crippen LogP contribution in [0.4, 0.5) is 21.5 Å². The maximum Gasteiger partial charge on any atom is 0.307 e. The molecule has 0 saturated carbocycles. The second-order valence-electron chi connectivity index (χ2n) is 8.61. The average molecular weight is 503 g/mol. The normalized spacial score (nSPS) is 13.5. The lowest BCUT2D eigenvalue weighted by Gasteiger charge is -2.22. The van der Waals surface area contributed by atoms with E-state index in [1.165, 1.54) is 19.1 Å². The van der Waals surface area contributed by atoms with Gasteiger partial charge in [-0.2, -0.15) is 0 Å². The molecule has 1 heterocycles. The number of aliphatic carboxylic acids is 1. The molecule has 1 aliphatic heterocycles. The molecule has 2 amide bonds. The van der Waals surface area contributed by atoms with E-state index in [2.05, 4.69) is 16.0 Å². The second-order valence-corrected chi connectivity index (χ2v) is 8.61. The van der Waals surface area contributed by atoms with Gasteiger partial charge in [-0.05, 0) is 60.6 Å². The molecule has 4 N–H and O–H groups in total. The summed E-state index contributed by atoms with van der Waals surface area (Å²) in [6.45, 7) is 2.67. The van der Waals surface area contributed by atoms with Gasteiger partial charge in [-0.1, -0.05) is 24.3 Å². The van der Waals surface area contributed by atoms with Gasteiger partial charge < -0.3 is 26.0 Å². The lowest BCUT2D eigenvalue weighted by atomic mass is 9.98. The van der Waals surface area contributed by atoms with Gasteiger partial charge in [0.25, 0.3) is 5.91 Å². The molecule has 0 bridgehead atoms. The van der Waals surface area contributed by atoms with Gasteiger partial charge >= 0.3 is 5.97 Å². The number of amides is 2. The molecule has 37 heavy (non-hydrogen) atoms. The molecule has 0 saturated heterocycles. The Morgan fingerprint density at radius 3 is 2.35 bits per heavy atom. The highest BCUT2D eigenvalue weighted by atomic mass is 19.1. The molecule has 3 aromatic carbocycles. The number of hydrogen-bond acceptors (Lipinski definition) is 5. The van der Waals surface area contributed by atoms with Gasteiger partial charge in [0.05, 0.1) is 23.4 Å². The number of likely N-dealkylation sites (N-methyl/N-ethyl adjacent to an activating group) is 1. The van der Waals surface area contributed by atoms with E-state index >= 15 is 0 Å². The molecule has 0 aromatic heterocycles. The molecule has 0 atom stereocenters. The Labute approximate surface area is 213 Å². The standard InChI is InChI=1S/C28H27FN4O4/c1-17(34)33(14-13-30-2)22-10-8-21(9-11-22)31-27(19-5-3-18(4-6-19)15-25(35)36)26-23-12-7-20(29)16-24(23)32-28(26)37/h3-12,16,30-31H,13-15H2,1-2H3,(H,32,37)(H,35,36). The number of carbonyl (C=O) groups is 3. The van der Waals surface area contributed by atoms with E-state index in [1.54, 1.807) is 35.2 Å². The first-order valence-electron chi connectivity index (χ1n) is 11.7. The Kier molecular flexibility index (Phi) is 7.64. The van der Waals surface area contributed by atoms with Crippen LogP contribution in [0.25, 0.3) is 11.3 Å². The fourth-order valence-corrected chi connectivity index (χ4v) is 4.20. The van der Waals surface area contributed by atoms with E-state index in [9.17, 15) is 18.8 Å². The van der Waals surface area contributed by atoms with Crippen molar-refractivity contribution in [1.29, 1.82) is 0 Å². The number of benzene rings is 3. The topological polar surface area (TPSA) is 111 Å². The summed E-state index contributed by atoms with van der Waals surface area (Å²) in [4.78, 5) is 37.9. The molecule has 8 nitrogen and oxygen atoms in total. The molecule has 3 aromatic rings. The van der Waals surface area contributed by atoms with Crippen molar-refractivity contribution in [1.82, 2.24) is 5.32 Å². The summed E-state index contributed by atoms with van der Waals surface area (Å²) in [5.74, 6) is -1.86. The van der Waals surface area contributed by atoms with Crippen LogP contribution in [0.15, 0.2) is 66.7 Å². The summed E-state index contributed by atoms with van der Waals surface area (Å²) in [5, 5.41) is 18.2. The quantitative estimate of drug-likeness (QED) is 0.330. The summed E-state index contributed by atoms with van der Waals surface area (Å²) in [6.07, 6.45) is -0.121. The average Bonchev–Trinajstić information content (AvgIpc) is 3.18. The van der Waals surface area contributed by atoms with Crippen molar-refractivity contribution in [3.63, 3.8) is 0 Å². The molecule has 0 spiro atoms. The first kappa shape index (κ1) is 25.6. The number of nitrogens with zero attached hydrogens (tertiary/aromatic N) is 1. The minimum absolute atomic E-state index is 0.0771. The highest BCUT2D eigenvalue weighted by molar-refractivity contribution is 6.37. The van der Waals surface area contributed by atoms with Gasteiger partial charge in [-0.25, -0.2) is 4.39 Å². The maximum absolute atomic E-state index is 13.8. The molecule has 1 aliphatic rings. The monoisotopic (exact) mass is 502 g/mol. The zero-order valence-electron chi connectivity index (χ0n) is 20.5. The minimum atomic E-state index is -0.940. The fourth-order valence-electron chi connectivity index (χ4n) is 4.20. The van der Waals surface area contributed by atoms with Crippen molar-refractivity contribution in [3.8, 4) is 0 Å². The predicted molar refractivity (Wildman–Crippen MR) is 142 cm³/mol. The van der Waals surface area contributed by atoms with Gasteiger partial charge in [-0.3, -0.25) is 14.4 Å². The van der Waals surface area contributed by atoms with Crippen molar-refractivity contribution in [2.75, 3.05) is 35.7 Å². The van der Waals surface area contributed by atoms with Crippen molar-refractivity contribution in [2.24, 2.45) is 0 Å². The van der Waals surface area contributed by atoms with Gasteiger partial charge in [0.2, 0.25) is 5.91 Å². The van der Waals surface area contributed by atoms with Crippen molar-refractivity contribution in [3.05, 3.63) is 89.2 Å². The lowest BCUT2D eigenvalue weighted by molar-refractivity contribution is -0.136. The van der Waals surface area contributed by atoms with Crippen LogP contribution in [0, 0.1) is 5.82 Å². The zero-order chi connectivity index (χ0) is 26.5. The summed E-state index contributed by atoms with van der Waals surface area (Å²) in [6, 6.07) is 18.2. The zero-order valence-corrected chi connectivity index (χ0v) is 20.5. The Hall–Kier alpha value is -4.50. The Balaban J connectivity index is 1.74. The van der Waals surface area contributed by atoms with Crippen molar-refractivity contribution >= 4 is 46.1 Å². The van der Waals surface area contributed by atoms with Crippen LogP contribution in [0.1, 0.15) is 23.6 Å². The van der Waals surface area contributed by atoms with Crippen LogP contribution in [0.5, 0.6) is 0 Å². The number of carboxylic acid groups (broad SMARTS) is 1. The van der Waals surface area contributed by atoms with Crippen LogP contribution in [0.3, 0.4) is 0 Å². The van der Waals surface area contributed by atoms with E-state index < -0.39 is 11.8 Å². The Bertz CT molecular complexity index is 1370. The lowest BCUT2D eigenvalue weighted by Crippen LogP contribution is -2.34. The molecule has 190 valence electrons. The molecule has 4 rings (SSSR count). The predicted octanol–water partition coefficient (Wildman–Crippen LogP) is 3.96. The molecule has 0 radical (unpaired) electrons. The molecule has 0 fully saturated rings. The Morgan fingerprint density at radius 2 is 1.73 bits per heavy atom. The van der Waals surface area contributed by atoms with Crippen molar-refractivity contribution < 1.29 is 23.9 Å². The third-order valence-electron chi connectivity index (χ3n) is 5.99. The smallest absolute Gasteiger partial charge is 0.307 e. The SMILES string of the molecule is CNCCN(C(C)=O)c1ccc(NC(=C2C(=O)Nc3cc(F)ccc32)c2ccc(CC(=O)O)cc2)cc1. The molecule has 9 heteroatoms. The molecular formula is C28H27FN4O4. The van der Waals surface area contributed by atoms with Crippen LogP contribution in [-0.2, 0) is 20.8 Å². The van der Waals surface area contributed by atoms with Gasteiger partial charge in [0, 0.05) is 37.0 Å². The minimum Gasteiger partial charge on any atom is -0.481 e. The molecule has 0 aliphatic carbocycles. The van der Waals surface area contributed by atoms with Crippen LogP contribution < -0.4 is 20.9 Å². The van der Waals surface area contributed by atoms with E-state index in [1.807, 2.05) is 31.3 Å². The number of carboxylic acids is 1. The maximum atomic E-state index is 13.8. The number of anilines is 3. The van der Waals surface area contributed by atoms with Gasteiger partial charge in [-0.15, -0.1) is 0 Å². The van der Waals surface area contributed by atoms with Crippen LogP contribution in [-0.4, -0.2) is 43.0 Å². The highest BCUT2D eigenvalue weighted by Gasteiger charge is 2.29. The van der Waals surface area contributed by atoms with E-state index in [0.717, 1.165) is 5.69 Å². The third-order valence-corrected chi connectivity index (χ3v) is 5.99. The summed E-state index contributed by atoms with van der Waals surface area (Å²) in [7, 11) is 1.82. The van der Waals surface area contributed by atoms with E-state index in [-0.39, 0.29) is 18.2 Å². The first-order chi connectivity index (χ1) is 17.8. The Morgan fingerprint density at radius 1 is 1.03 bits per heavy atom. The van der Waals surface area contributed by atoms with E-state index in [4.69, 9.17) is 5.11 Å². The summed E-state index contributed by atoms with van der Waals surface area (Å²) >= 11 is 0.